The van der Waals surface area contributed by atoms with Gasteiger partial charge < -0.3 is 4.74 Å². The van der Waals surface area contributed by atoms with Crippen molar-refractivity contribution in [1.82, 2.24) is 5.01 Å². The summed E-state index contributed by atoms with van der Waals surface area (Å²) in [6.45, 7) is 3.45. The van der Waals surface area contributed by atoms with Crippen molar-refractivity contribution in [2.45, 2.75) is 25.0 Å². The Morgan fingerprint density at radius 1 is 1.60 bits per heavy atom. The minimum absolute atomic E-state index is 0.371. The molecule has 0 spiro atoms. The van der Waals surface area contributed by atoms with Gasteiger partial charge in [0.1, 0.15) is 0 Å². The quantitative estimate of drug-likeness (QED) is 0.428. The van der Waals surface area contributed by atoms with Crippen molar-refractivity contribution in [3.8, 4) is 0 Å². The largest absolute Gasteiger partial charge is 0.379 e. The highest BCUT2D eigenvalue weighted by molar-refractivity contribution is 5.22. The van der Waals surface area contributed by atoms with Gasteiger partial charge in [0.25, 0.3) is 0 Å². The van der Waals surface area contributed by atoms with Crippen LogP contribution < -0.4 is 0 Å². The van der Waals surface area contributed by atoms with Gasteiger partial charge in [-0.3, -0.25) is 5.01 Å². The zero-order valence-corrected chi connectivity index (χ0v) is 6.58. The molecule has 1 aliphatic rings. The molecule has 1 fully saturated rings. The zero-order chi connectivity index (χ0) is 7.56. The molecular formula is C7H14N2O. The molecule has 0 aromatic rings. The van der Waals surface area contributed by atoms with Gasteiger partial charge in [-0.15, -0.1) is 0 Å². The van der Waals surface area contributed by atoms with E-state index < -0.39 is 0 Å². The van der Waals surface area contributed by atoms with Crippen molar-refractivity contribution in [2.75, 3.05) is 14.2 Å². The van der Waals surface area contributed by atoms with Gasteiger partial charge >= 0.3 is 0 Å². The van der Waals surface area contributed by atoms with E-state index in [4.69, 9.17) is 4.74 Å². The third-order valence-corrected chi connectivity index (χ3v) is 2.18. The molecule has 1 aliphatic carbocycles. The fraction of sp³-hybridized carbons (Fsp3) is 0.857. The molecule has 1 rings (SSSR count). The molecule has 10 heavy (non-hydrogen) atoms. The van der Waals surface area contributed by atoms with Gasteiger partial charge in [0.15, 0.2) is 0 Å². The molecule has 1 unspecified atom stereocenters. The summed E-state index contributed by atoms with van der Waals surface area (Å²) < 4.78 is 5.19. The molecule has 3 heteroatoms. The van der Waals surface area contributed by atoms with Crippen molar-refractivity contribution < 1.29 is 4.74 Å². The van der Waals surface area contributed by atoms with E-state index >= 15 is 0 Å². The number of ether oxygens (including phenoxy) is 1. The number of hydrazone groups is 1. The van der Waals surface area contributed by atoms with Crippen LogP contribution in [0.3, 0.4) is 0 Å². The van der Waals surface area contributed by atoms with E-state index in [1.807, 2.05) is 12.1 Å². The summed E-state index contributed by atoms with van der Waals surface area (Å²) in [5, 5.41) is 5.68. The third-order valence-electron chi connectivity index (χ3n) is 2.18. The molecule has 3 nitrogen and oxygen atoms in total. The molecule has 58 valence electrons. The maximum absolute atomic E-state index is 5.19. The molecule has 1 saturated carbocycles. The third kappa shape index (κ3) is 1.14. The summed E-state index contributed by atoms with van der Waals surface area (Å²) in [5.41, 5.74) is 0. The van der Waals surface area contributed by atoms with Crippen molar-refractivity contribution in [2.24, 2.45) is 5.10 Å². The van der Waals surface area contributed by atoms with Gasteiger partial charge in [0.05, 0.1) is 12.1 Å². The lowest BCUT2D eigenvalue weighted by atomic mass is 9.89. The van der Waals surface area contributed by atoms with E-state index in [1.165, 1.54) is 6.42 Å². The predicted molar refractivity (Wildman–Crippen MR) is 41.1 cm³/mol. The van der Waals surface area contributed by atoms with E-state index in [0.717, 1.165) is 6.42 Å². The second-order valence-corrected chi connectivity index (χ2v) is 2.63. The molecule has 0 N–H and O–H groups in total. The molecule has 0 aromatic heterocycles. The monoisotopic (exact) mass is 142 g/mol. The fourth-order valence-electron chi connectivity index (χ4n) is 1.26. The topological polar surface area (TPSA) is 24.8 Å². The highest BCUT2D eigenvalue weighted by Gasteiger charge is 2.33. The Bertz CT molecular complexity index is 125. The number of nitrogens with zero attached hydrogens (tertiary/aromatic N) is 2. The van der Waals surface area contributed by atoms with Crippen molar-refractivity contribution in [3.63, 3.8) is 0 Å². The molecule has 0 heterocycles. The number of hydrogen-bond donors (Lipinski definition) is 0. The van der Waals surface area contributed by atoms with Crippen LogP contribution in [0.1, 0.15) is 12.8 Å². The number of hydrogen-bond acceptors (Lipinski definition) is 3. The molecular weight excluding hydrogens is 128 g/mol. The standard InChI is InChI=1S/C7H14N2O/c1-8-9(2)6-4-5-7(6)10-3/h6-7H,1,4-5H2,2-3H3/t6-,7?/m0/s1. The Balaban J connectivity index is 2.34. The van der Waals surface area contributed by atoms with Crippen LogP contribution in [0.15, 0.2) is 5.10 Å². The van der Waals surface area contributed by atoms with Crippen molar-refractivity contribution >= 4 is 6.72 Å². The Kier molecular flexibility index (Phi) is 2.27. The van der Waals surface area contributed by atoms with Gasteiger partial charge in [-0.1, -0.05) is 0 Å². The number of rotatable bonds is 3. The van der Waals surface area contributed by atoms with Crippen LogP contribution in [0.25, 0.3) is 0 Å². The van der Waals surface area contributed by atoms with Gasteiger partial charge in [0, 0.05) is 20.9 Å². The Morgan fingerprint density at radius 3 is 2.60 bits per heavy atom. The number of likely N-dealkylation sites (N-methyl/N-ethyl adjacent to an activating group) is 1. The molecule has 0 saturated heterocycles. The second-order valence-electron chi connectivity index (χ2n) is 2.63. The lowest BCUT2D eigenvalue weighted by molar-refractivity contribution is -0.0390. The van der Waals surface area contributed by atoms with E-state index in [0.29, 0.717) is 12.1 Å². The van der Waals surface area contributed by atoms with E-state index in [2.05, 4.69) is 11.8 Å². The van der Waals surface area contributed by atoms with Gasteiger partial charge in [0.2, 0.25) is 0 Å². The summed E-state index contributed by atoms with van der Waals surface area (Å²) in [7, 11) is 3.68. The Hall–Kier alpha value is -0.570. The summed E-state index contributed by atoms with van der Waals surface area (Å²) in [5.74, 6) is 0. The number of methoxy groups -OCH3 is 1. The van der Waals surface area contributed by atoms with Gasteiger partial charge in [-0.05, 0) is 12.8 Å². The molecule has 0 radical (unpaired) electrons. The maximum Gasteiger partial charge on any atom is 0.0791 e. The van der Waals surface area contributed by atoms with E-state index in [-0.39, 0.29) is 0 Å². The molecule has 2 atom stereocenters. The first-order chi connectivity index (χ1) is 4.79. The Labute approximate surface area is 61.7 Å². The van der Waals surface area contributed by atoms with E-state index in [1.54, 1.807) is 7.11 Å². The fourth-order valence-corrected chi connectivity index (χ4v) is 1.26. The summed E-state index contributed by atoms with van der Waals surface area (Å²) in [4.78, 5) is 0. The first-order valence-electron chi connectivity index (χ1n) is 3.52. The zero-order valence-electron chi connectivity index (χ0n) is 6.58. The molecule has 0 amide bonds. The van der Waals surface area contributed by atoms with Gasteiger partial charge in [-0.25, -0.2) is 0 Å². The molecule has 0 bridgehead atoms. The van der Waals surface area contributed by atoms with Crippen LogP contribution >= 0.6 is 0 Å². The smallest absolute Gasteiger partial charge is 0.0791 e. The van der Waals surface area contributed by atoms with Crippen LogP contribution in [-0.4, -0.2) is 38.0 Å². The lowest BCUT2D eigenvalue weighted by Gasteiger charge is -2.39. The highest BCUT2D eigenvalue weighted by atomic mass is 16.5. The average molecular weight is 142 g/mol. The molecule has 0 aliphatic heterocycles. The lowest BCUT2D eigenvalue weighted by Crippen LogP contribution is -2.47. The minimum atomic E-state index is 0.371. The predicted octanol–water partition coefficient (Wildman–Crippen LogP) is 0.711. The van der Waals surface area contributed by atoms with Crippen molar-refractivity contribution in [1.29, 1.82) is 0 Å². The summed E-state index contributed by atoms with van der Waals surface area (Å²) in [6.07, 6.45) is 2.70. The van der Waals surface area contributed by atoms with Crippen LogP contribution in [0, 0.1) is 0 Å². The summed E-state index contributed by atoms with van der Waals surface area (Å²) >= 11 is 0. The van der Waals surface area contributed by atoms with Crippen LogP contribution in [0.2, 0.25) is 0 Å². The molecule has 0 aromatic carbocycles. The van der Waals surface area contributed by atoms with Gasteiger partial charge in [-0.2, -0.15) is 5.10 Å². The normalized spacial score (nSPS) is 31.0. The second kappa shape index (κ2) is 3.01. The summed E-state index contributed by atoms with van der Waals surface area (Å²) in [6, 6.07) is 0.461. The Morgan fingerprint density at radius 2 is 2.30 bits per heavy atom. The first-order valence-corrected chi connectivity index (χ1v) is 3.52. The van der Waals surface area contributed by atoms with E-state index in [9.17, 15) is 0 Å². The van der Waals surface area contributed by atoms with Crippen LogP contribution in [0.4, 0.5) is 0 Å². The van der Waals surface area contributed by atoms with Crippen LogP contribution in [-0.2, 0) is 4.74 Å². The highest BCUT2D eigenvalue weighted by Crippen LogP contribution is 2.26. The minimum Gasteiger partial charge on any atom is -0.379 e. The van der Waals surface area contributed by atoms with Crippen LogP contribution in [0.5, 0.6) is 0 Å². The average Bonchev–Trinajstić information content (AvgIpc) is 1.86. The first kappa shape index (κ1) is 7.54. The van der Waals surface area contributed by atoms with Crippen molar-refractivity contribution in [3.05, 3.63) is 0 Å². The SMILES string of the molecule is C=NN(C)[C@H]1CCC1OC. The maximum atomic E-state index is 5.19.